The Labute approximate surface area is 150 Å². The van der Waals surface area contributed by atoms with Crippen LogP contribution in [-0.2, 0) is 9.47 Å². The summed E-state index contributed by atoms with van der Waals surface area (Å²) in [6.45, 7) is 8.51. The Balaban J connectivity index is 1.98. The van der Waals surface area contributed by atoms with Crippen LogP contribution in [0, 0.1) is 0 Å². The SMILES string of the molecule is CCN(C(=O)Nc1cccc(OCCOC)c1)[C@H]1CCOC(C)(C)C1. The number of methoxy groups -OCH3 is 1. The van der Waals surface area contributed by atoms with Crippen LogP contribution in [0.1, 0.15) is 33.6 Å². The van der Waals surface area contributed by atoms with Gasteiger partial charge in [0.2, 0.25) is 0 Å². The van der Waals surface area contributed by atoms with Gasteiger partial charge < -0.3 is 24.4 Å². The lowest BCUT2D eigenvalue weighted by Gasteiger charge is -2.40. The van der Waals surface area contributed by atoms with E-state index in [1.165, 1.54) is 0 Å². The molecule has 1 aromatic carbocycles. The Morgan fingerprint density at radius 3 is 2.88 bits per heavy atom. The Morgan fingerprint density at radius 2 is 2.20 bits per heavy atom. The quantitative estimate of drug-likeness (QED) is 0.764. The summed E-state index contributed by atoms with van der Waals surface area (Å²) in [5.74, 6) is 0.713. The average molecular weight is 350 g/mol. The van der Waals surface area contributed by atoms with Crippen molar-refractivity contribution in [2.24, 2.45) is 0 Å². The highest BCUT2D eigenvalue weighted by Crippen LogP contribution is 2.28. The summed E-state index contributed by atoms with van der Waals surface area (Å²) >= 11 is 0. The van der Waals surface area contributed by atoms with Crippen molar-refractivity contribution in [3.8, 4) is 5.75 Å². The predicted octanol–water partition coefficient (Wildman–Crippen LogP) is 3.52. The van der Waals surface area contributed by atoms with Gasteiger partial charge in [0.1, 0.15) is 12.4 Å². The van der Waals surface area contributed by atoms with Crippen LogP contribution in [0.25, 0.3) is 0 Å². The molecule has 1 aliphatic rings. The molecule has 0 aromatic heterocycles. The van der Waals surface area contributed by atoms with Crippen molar-refractivity contribution in [1.82, 2.24) is 4.90 Å². The number of hydrogen-bond donors (Lipinski definition) is 1. The second-order valence-corrected chi connectivity index (χ2v) is 6.84. The van der Waals surface area contributed by atoms with E-state index in [9.17, 15) is 4.79 Å². The van der Waals surface area contributed by atoms with Crippen LogP contribution in [0.15, 0.2) is 24.3 Å². The van der Waals surface area contributed by atoms with E-state index in [4.69, 9.17) is 14.2 Å². The van der Waals surface area contributed by atoms with Gasteiger partial charge in [-0.1, -0.05) is 6.07 Å². The summed E-state index contributed by atoms with van der Waals surface area (Å²) in [6.07, 6.45) is 1.71. The topological polar surface area (TPSA) is 60.0 Å². The zero-order chi connectivity index (χ0) is 18.3. The summed E-state index contributed by atoms with van der Waals surface area (Å²) in [5.41, 5.74) is 0.538. The molecule has 0 saturated carbocycles. The molecule has 1 aromatic rings. The molecule has 1 heterocycles. The first-order valence-electron chi connectivity index (χ1n) is 8.88. The first-order valence-corrected chi connectivity index (χ1v) is 8.88. The first-order chi connectivity index (χ1) is 11.9. The number of ether oxygens (including phenoxy) is 3. The third kappa shape index (κ3) is 5.90. The van der Waals surface area contributed by atoms with Gasteiger partial charge in [0.15, 0.2) is 0 Å². The number of rotatable bonds is 7. The molecule has 6 heteroatoms. The van der Waals surface area contributed by atoms with Gasteiger partial charge in [-0.2, -0.15) is 0 Å². The third-order valence-electron chi connectivity index (χ3n) is 4.35. The van der Waals surface area contributed by atoms with Gasteiger partial charge in [-0.25, -0.2) is 4.79 Å². The molecule has 1 saturated heterocycles. The highest BCUT2D eigenvalue weighted by molar-refractivity contribution is 5.89. The molecule has 6 nitrogen and oxygen atoms in total. The first kappa shape index (κ1) is 19.5. The van der Waals surface area contributed by atoms with E-state index in [2.05, 4.69) is 19.2 Å². The summed E-state index contributed by atoms with van der Waals surface area (Å²) in [4.78, 5) is 14.6. The Morgan fingerprint density at radius 1 is 1.40 bits per heavy atom. The standard InChI is InChI=1S/C19H30N2O4/c1-5-21(16-9-10-25-19(2,3)14-16)18(22)20-15-7-6-8-17(13-15)24-12-11-23-4/h6-8,13,16H,5,9-12,14H2,1-4H3,(H,20,22)/t16-/m0/s1. The fraction of sp³-hybridized carbons (Fsp3) is 0.632. The average Bonchev–Trinajstić information content (AvgIpc) is 2.55. The van der Waals surface area contributed by atoms with E-state index >= 15 is 0 Å². The van der Waals surface area contributed by atoms with E-state index in [0.29, 0.717) is 32.1 Å². The number of urea groups is 1. The van der Waals surface area contributed by atoms with Gasteiger partial charge in [0.25, 0.3) is 0 Å². The maximum atomic E-state index is 12.7. The minimum atomic E-state index is -0.189. The van der Waals surface area contributed by atoms with Gasteiger partial charge in [-0.15, -0.1) is 0 Å². The molecule has 0 radical (unpaired) electrons. The van der Waals surface area contributed by atoms with Crippen molar-refractivity contribution in [2.45, 2.75) is 45.3 Å². The Bertz CT molecular complexity index is 562. The molecule has 0 aliphatic carbocycles. The van der Waals surface area contributed by atoms with Gasteiger partial charge in [0, 0.05) is 38.1 Å². The smallest absolute Gasteiger partial charge is 0.322 e. The van der Waals surface area contributed by atoms with Gasteiger partial charge in [-0.3, -0.25) is 0 Å². The molecule has 0 spiro atoms. The van der Waals surface area contributed by atoms with E-state index in [1.807, 2.05) is 36.1 Å². The molecule has 2 rings (SSSR count). The normalized spacial score (nSPS) is 19.3. The molecular weight excluding hydrogens is 320 g/mol. The minimum Gasteiger partial charge on any atom is -0.491 e. The second-order valence-electron chi connectivity index (χ2n) is 6.84. The van der Waals surface area contributed by atoms with Crippen molar-refractivity contribution in [2.75, 3.05) is 38.8 Å². The molecule has 1 atom stereocenters. The van der Waals surface area contributed by atoms with Crippen LogP contribution in [-0.4, -0.2) is 56.0 Å². The zero-order valence-electron chi connectivity index (χ0n) is 15.7. The molecule has 25 heavy (non-hydrogen) atoms. The van der Waals surface area contributed by atoms with Crippen molar-refractivity contribution in [3.05, 3.63) is 24.3 Å². The summed E-state index contributed by atoms with van der Waals surface area (Å²) in [7, 11) is 1.64. The van der Waals surface area contributed by atoms with Crippen LogP contribution >= 0.6 is 0 Å². The summed E-state index contributed by atoms with van der Waals surface area (Å²) in [6, 6.07) is 7.53. The van der Waals surface area contributed by atoms with Crippen molar-refractivity contribution >= 4 is 11.7 Å². The Hall–Kier alpha value is -1.79. The highest BCUT2D eigenvalue weighted by atomic mass is 16.5. The number of hydrogen-bond acceptors (Lipinski definition) is 4. The van der Waals surface area contributed by atoms with Crippen LogP contribution in [0.3, 0.4) is 0 Å². The Kier molecular flexibility index (Phi) is 7.08. The molecule has 2 amide bonds. The lowest BCUT2D eigenvalue weighted by molar-refractivity contribution is -0.0758. The zero-order valence-corrected chi connectivity index (χ0v) is 15.7. The number of nitrogens with zero attached hydrogens (tertiary/aromatic N) is 1. The summed E-state index contributed by atoms with van der Waals surface area (Å²) < 4.78 is 16.3. The van der Waals surface area contributed by atoms with Gasteiger partial charge in [-0.05, 0) is 45.7 Å². The third-order valence-corrected chi connectivity index (χ3v) is 4.35. The van der Waals surface area contributed by atoms with Gasteiger partial charge in [0.05, 0.1) is 12.2 Å². The molecule has 140 valence electrons. The minimum absolute atomic E-state index is 0.0840. The van der Waals surface area contributed by atoms with Crippen molar-refractivity contribution in [1.29, 1.82) is 0 Å². The number of benzene rings is 1. The van der Waals surface area contributed by atoms with E-state index in [0.717, 1.165) is 18.5 Å². The summed E-state index contributed by atoms with van der Waals surface area (Å²) in [5, 5.41) is 2.98. The molecule has 1 N–H and O–H groups in total. The number of anilines is 1. The molecular formula is C19H30N2O4. The fourth-order valence-electron chi connectivity index (χ4n) is 3.14. The van der Waals surface area contributed by atoms with Crippen LogP contribution < -0.4 is 10.1 Å². The van der Waals surface area contributed by atoms with E-state index in [-0.39, 0.29) is 17.7 Å². The molecule has 0 bridgehead atoms. The molecule has 1 fully saturated rings. The van der Waals surface area contributed by atoms with Gasteiger partial charge >= 0.3 is 6.03 Å². The molecule has 0 unspecified atom stereocenters. The number of amides is 2. The number of carbonyl (C=O) groups is 1. The van der Waals surface area contributed by atoms with Crippen molar-refractivity contribution < 1.29 is 19.0 Å². The maximum absolute atomic E-state index is 12.7. The largest absolute Gasteiger partial charge is 0.491 e. The number of nitrogens with one attached hydrogen (secondary N) is 1. The number of carbonyl (C=O) groups excluding carboxylic acids is 1. The molecule has 1 aliphatic heterocycles. The fourth-order valence-corrected chi connectivity index (χ4v) is 3.14. The van der Waals surface area contributed by atoms with Crippen LogP contribution in [0.4, 0.5) is 10.5 Å². The van der Waals surface area contributed by atoms with Crippen LogP contribution in [0.2, 0.25) is 0 Å². The lowest BCUT2D eigenvalue weighted by atomic mass is 9.93. The van der Waals surface area contributed by atoms with E-state index < -0.39 is 0 Å². The lowest BCUT2D eigenvalue weighted by Crippen LogP contribution is -2.49. The van der Waals surface area contributed by atoms with E-state index in [1.54, 1.807) is 7.11 Å². The van der Waals surface area contributed by atoms with Crippen molar-refractivity contribution in [3.63, 3.8) is 0 Å². The highest BCUT2D eigenvalue weighted by Gasteiger charge is 2.33. The van der Waals surface area contributed by atoms with Crippen LogP contribution in [0.5, 0.6) is 5.75 Å². The maximum Gasteiger partial charge on any atom is 0.322 e. The predicted molar refractivity (Wildman–Crippen MR) is 98.3 cm³/mol. The second kappa shape index (κ2) is 9.06. The monoisotopic (exact) mass is 350 g/mol.